The van der Waals surface area contributed by atoms with Crippen LogP contribution in [0, 0.1) is 17.8 Å². The van der Waals surface area contributed by atoms with Gasteiger partial charge in [-0.15, -0.1) is 24.9 Å². The van der Waals surface area contributed by atoms with Crippen molar-refractivity contribution in [3.8, 4) is 0 Å². The van der Waals surface area contributed by atoms with Gasteiger partial charge in [0.15, 0.2) is 0 Å². The number of carbonyl (C=O) groups excluding carboxylic acids is 3. The van der Waals surface area contributed by atoms with Gasteiger partial charge in [-0.1, -0.05) is 62.8 Å². The highest BCUT2D eigenvalue weighted by Crippen LogP contribution is 2.72. The monoisotopic (exact) mass is 581 g/mol. The molecule has 2 bridgehead atoms. The van der Waals surface area contributed by atoms with E-state index in [1.807, 2.05) is 58.0 Å². The van der Waals surface area contributed by atoms with Gasteiger partial charge in [0, 0.05) is 30.4 Å². The summed E-state index contributed by atoms with van der Waals surface area (Å²) in [7, 11) is 0. The van der Waals surface area contributed by atoms with E-state index >= 15 is 0 Å². The molecule has 3 aliphatic rings. The van der Waals surface area contributed by atoms with Crippen LogP contribution in [0.1, 0.15) is 59.4 Å². The number of likely N-dealkylation sites (tertiary alicyclic amines) is 1. The molecule has 4 rings (SSSR count). The van der Waals surface area contributed by atoms with Gasteiger partial charge in [-0.3, -0.25) is 14.4 Å². The summed E-state index contributed by atoms with van der Waals surface area (Å²) in [4.78, 5) is 49.0. The first-order valence-corrected chi connectivity index (χ1v) is 15.8. The van der Waals surface area contributed by atoms with Crippen molar-refractivity contribution in [1.29, 1.82) is 0 Å². The molecule has 2 unspecified atom stereocenters. The van der Waals surface area contributed by atoms with Crippen molar-refractivity contribution in [3.05, 3.63) is 61.2 Å². The van der Waals surface area contributed by atoms with E-state index in [9.17, 15) is 19.5 Å². The van der Waals surface area contributed by atoms with E-state index in [2.05, 4.69) is 20.1 Å². The minimum Gasteiger partial charge on any atom is -0.394 e. The lowest BCUT2D eigenvalue weighted by Crippen LogP contribution is -2.59. The second-order valence-electron chi connectivity index (χ2n) is 12.5. The summed E-state index contributed by atoms with van der Waals surface area (Å²) in [6.07, 6.45) is 5.63. The Bertz CT molecular complexity index is 1160. The highest BCUT2D eigenvalue weighted by Gasteiger charge is 2.78. The molecule has 7 atom stereocenters. The first-order valence-electron chi connectivity index (χ1n) is 15.0. The maximum absolute atomic E-state index is 14.7. The fourth-order valence-corrected chi connectivity index (χ4v) is 9.76. The lowest BCUT2D eigenvalue weighted by atomic mass is 9.66. The third kappa shape index (κ3) is 5.27. The van der Waals surface area contributed by atoms with Gasteiger partial charge >= 0.3 is 0 Å². The van der Waals surface area contributed by atoms with Crippen molar-refractivity contribution in [1.82, 2.24) is 14.7 Å². The Morgan fingerprint density at radius 3 is 2.34 bits per heavy atom. The molecule has 3 amide bonds. The minimum absolute atomic E-state index is 0.0105. The maximum Gasteiger partial charge on any atom is 0.247 e. The molecule has 0 aliphatic carbocycles. The van der Waals surface area contributed by atoms with Crippen LogP contribution >= 0.6 is 11.8 Å². The average molecular weight is 582 g/mol. The lowest BCUT2D eigenvalue weighted by molar-refractivity contribution is -0.149. The summed E-state index contributed by atoms with van der Waals surface area (Å²) in [5.74, 6) is -1.56. The molecule has 7 nitrogen and oxygen atoms in total. The standard InChI is InChI=1S/C33H47N3O4S/c1-8-18-34(20-24-14-12-11-13-15-24)29(38)26-27-30(39)36(25(21-37)23(6)10-3)28(31(40)35(19-9-2)22(4)5)33(27)17-16-32(26,7)41-33/h8-9,11-15,22-23,25-28,37H,1-2,10,16-21H2,3-7H3/t23-,25-,26+,27-,28?,32-,33?/m0/s1. The summed E-state index contributed by atoms with van der Waals surface area (Å²) in [5, 5.41) is 10.6. The van der Waals surface area contributed by atoms with Gasteiger partial charge in [0.2, 0.25) is 17.7 Å². The molecule has 3 heterocycles. The summed E-state index contributed by atoms with van der Waals surface area (Å²) in [6.45, 7) is 18.8. The van der Waals surface area contributed by atoms with Crippen LogP contribution < -0.4 is 0 Å². The fourth-order valence-electron chi connectivity index (χ4n) is 7.43. The number of aliphatic hydroxyl groups excluding tert-OH is 1. The largest absolute Gasteiger partial charge is 0.394 e. The van der Waals surface area contributed by atoms with Crippen LogP contribution in [-0.2, 0) is 20.9 Å². The molecule has 224 valence electrons. The summed E-state index contributed by atoms with van der Waals surface area (Å²) < 4.78 is -1.20. The molecular formula is C33H47N3O4S. The van der Waals surface area contributed by atoms with E-state index in [0.29, 0.717) is 26.1 Å². The highest BCUT2D eigenvalue weighted by atomic mass is 32.2. The van der Waals surface area contributed by atoms with Crippen molar-refractivity contribution in [2.75, 3.05) is 19.7 Å². The summed E-state index contributed by atoms with van der Waals surface area (Å²) in [6, 6.07) is 8.51. The predicted molar refractivity (Wildman–Crippen MR) is 165 cm³/mol. The van der Waals surface area contributed by atoms with Crippen LogP contribution in [0.4, 0.5) is 0 Å². The molecule has 0 aromatic heterocycles. The number of fused-ring (bicyclic) bond motifs is 1. The van der Waals surface area contributed by atoms with Crippen LogP contribution in [0.2, 0.25) is 0 Å². The number of thioether (sulfide) groups is 1. The molecule has 41 heavy (non-hydrogen) atoms. The Labute approximate surface area is 250 Å². The smallest absolute Gasteiger partial charge is 0.247 e. The normalized spacial score (nSPS) is 29.8. The molecule has 0 saturated carbocycles. The van der Waals surface area contributed by atoms with Crippen molar-refractivity contribution < 1.29 is 19.5 Å². The zero-order valence-electron chi connectivity index (χ0n) is 25.3. The lowest BCUT2D eigenvalue weighted by Gasteiger charge is -2.42. The van der Waals surface area contributed by atoms with Gasteiger partial charge < -0.3 is 19.8 Å². The van der Waals surface area contributed by atoms with Crippen LogP contribution in [0.15, 0.2) is 55.6 Å². The average Bonchev–Trinajstić information content (AvgIpc) is 3.52. The first kappa shape index (κ1) is 31.4. The molecule has 8 heteroatoms. The van der Waals surface area contributed by atoms with E-state index in [1.165, 1.54) is 0 Å². The van der Waals surface area contributed by atoms with Crippen molar-refractivity contribution in [2.45, 2.75) is 88.0 Å². The number of benzene rings is 1. The predicted octanol–water partition coefficient (Wildman–Crippen LogP) is 4.51. The summed E-state index contributed by atoms with van der Waals surface area (Å²) >= 11 is 1.68. The second-order valence-corrected chi connectivity index (χ2v) is 14.4. The van der Waals surface area contributed by atoms with Crippen molar-refractivity contribution in [3.63, 3.8) is 0 Å². The Hall–Kier alpha value is -2.58. The number of hydrogen-bond donors (Lipinski definition) is 1. The van der Waals surface area contributed by atoms with Gasteiger partial charge in [0.1, 0.15) is 6.04 Å². The Kier molecular flexibility index (Phi) is 9.44. The van der Waals surface area contributed by atoms with E-state index in [4.69, 9.17) is 0 Å². The minimum atomic E-state index is -0.750. The molecule has 1 spiro atoms. The number of rotatable bonds is 13. The van der Waals surface area contributed by atoms with Gasteiger partial charge in [-0.05, 0) is 45.1 Å². The number of carbonyl (C=O) groups is 3. The van der Waals surface area contributed by atoms with E-state index in [0.717, 1.165) is 18.4 Å². The molecule has 1 N–H and O–H groups in total. The Morgan fingerprint density at radius 1 is 1.12 bits per heavy atom. The van der Waals surface area contributed by atoms with Gasteiger partial charge in [0.25, 0.3) is 0 Å². The third-order valence-electron chi connectivity index (χ3n) is 9.67. The van der Waals surface area contributed by atoms with Gasteiger partial charge in [-0.25, -0.2) is 0 Å². The Morgan fingerprint density at radius 2 is 1.78 bits per heavy atom. The Balaban J connectivity index is 1.82. The third-order valence-corrected chi connectivity index (χ3v) is 11.7. The van der Waals surface area contributed by atoms with Gasteiger partial charge in [-0.2, -0.15) is 0 Å². The van der Waals surface area contributed by atoms with Crippen molar-refractivity contribution >= 4 is 29.5 Å². The van der Waals surface area contributed by atoms with Crippen LogP contribution in [0.25, 0.3) is 0 Å². The molecule has 3 saturated heterocycles. The maximum atomic E-state index is 14.7. The van der Waals surface area contributed by atoms with Crippen LogP contribution in [0.3, 0.4) is 0 Å². The molecule has 0 radical (unpaired) electrons. The second kappa shape index (κ2) is 12.3. The quantitative estimate of drug-likeness (QED) is 0.347. The molecule has 3 fully saturated rings. The number of hydrogen-bond acceptors (Lipinski definition) is 5. The number of nitrogens with zero attached hydrogens (tertiary/aromatic N) is 3. The van der Waals surface area contributed by atoms with Crippen LogP contribution in [-0.4, -0.2) is 84.8 Å². The van der Waals surface area contributed by atoms with E-state index < -0.39 is 33.4 Å². The topological polar surface area (TPSA) is 81.2 Å². The van der Waals surface area contributed by atoms with Crippen molar-refractivity contribution in [2.24, 2.45) is 17.8 Å². The fraction of sp³-hybridized carbons (Fsp3) is 0.606. The molecule has 3 aliphatic heterocycles. The zero-order chi connectivity index (χ0) is 30.1. The first-order chi connectivity index (χ1) is 19.5. The SMILES string of the molecule is C=CCN(Cc1ccccc1)C(=O)[C@H]1[C@H]2C(=O)N([C@@H](CO)[C@@H](C)CC)C(C(=O)N(CC=C)C(C)C)C23CC[C@]1(C)S3. The zero-order valence-corrected chi connectivity index (χ0v) is 26.1. The molecular weight excluding hydrogens is 534 g/mol. The van der Waals surface area contributed by atoms with Crippen LogP contribution in [0.5, 0.6) is 0 Å². The highest BCUT2D eigenvalue weighted by molar-refractivity contribution is 8.02. The molecule has 1 aromatic carbocycles. The number of aliphatic hydroxyl groups is 1. The molecule has 1 aromatic rings. The van der Waals surface area contributed by atoms with E-state index in [-0.39, 0.29) is 36.3 Å². The number of amides is 3. The van der Waals surface area contributed by atoms with E-state index in [1.54, 1.807) is 38.6 Å². The van der Waals surface area contributed by atoms with Gasteiger partial charge in [0.05, 0.1) is 29.2 Å². The summed E-state index contributed by atoms with van der Waals surface area (Å²) in [5.41, 5.74) is 1.01.